The number of halogens is 1. The highest BCUT2D eigenvalue weighted by molar-refractivity contribution is 6.03. The predicted octanol–water partition coefficient (Wildman–Crippen LogP) is 3.91. The maximum atomic E-state index is 14.0. The summed E-state index contributed by atoms with van der Waals surface area (Å²) in [4.78, 5) is 5.66. The molecule has 0 amide bonds. The minimum absolute atomic E-state index is 0.0196. The number of aromatic nitrogens is 2. The van der Waals surface area contributed by atoms with Crippen LogP contribution in [0.5, 0.6) is 5.75 Å². The Morgan fingerprint density at radius 1 is 1.37 bits per heavy atom. The lowest BCUT2D eigenvalue weighted by atomic mass is 9.99. The molecular weight excluding hydrogens is 387 g/mol. The number of anilines is 1. The Morgan fingerprint density at radius 2 is 2.17 bits per heavy atom. The van der Waals surface area contributed by atoms with E-state index in [2.05, 4.69) is 10.1 Å². The van der Waals surface area contributed by atoms with E-state index in [0.29, 0.717) is 34.6 Å². The number of pyridine rings is 1. The zero-order valence-electron chi connectivity index (χ0n) is 16.6. The van der Waals surface area contributed by atoms with E-state index in [4.69, 9.17) is 25.8 Å². The van der Waals surface area contributed by atoms with Gasteiger partial charge in [0.1, 0.15) is 17.8 Å². The Labute approximate surface area is 172 Å². The van der Waals surface area contributed by atoms with Gasteiger partial charge in [-0.25, -0.2) is 9.37 Å². The van der Waals surface area contributed by atoms with Crippen LogP contribution in [0.3, 0.4) is 0 Å². The fourth-order valence-corrected chi connectivity index (χ4v) is 3.56. The summed E-state index contributed by atoms with van der Waals surface area (Å²) < 4.78 is 25.6. The van der Waals surface area contributed by atoms with Gasteiger partial charge in [0.2, 0.25) is 0 Å². The number of aryl methyl sites for hydroxylation is 1. The van der Waals surface area contributed by atoms with Crippen molar-refractivity contribution in [2.45, 2.75) is 32.9 Å². The lowest BCUT2D eigenvalue weighted by Gasteiger charge is -2.25. The van der Waals surface area contributed by atoms with Crippen LogP contribution in [0.25, 0.3) is 11.1 Å². The molecular formula is C21H21FN6O2. The van der Waals surface area contributed by atoms with Gasteiger partial charge in [-0.15, -0.1) is 0 Å². The van der Waals surface area contributed by atoms with E-state index < -0.39 is 11.9 Å². The second-order valence-corrected chi connectivity index (χ2v) is 6.99. The van der Waals surface area contributed by atoms with E-state index in [1.54, 1.807) is 19.2 Å². The molecule has 0 radical (unpaired) electrons. The molecule has 2 bridgehead atoms. The molecule has 0 saturated heterocycles. The van der Waals surface area contributed by atoms with E-state index >= 15 is 0 Å². The lowest BCUT2D eigenvalue weighted by Crippen LogP contribution is -2.30. The molecule has 0 aliphatic carbocycles. The number of ether oxygens (including phenoxy) is 1. The molecule has 4 rings (SSSR count). The summed E-state index contributed by atoms with van der Waals surface area (Å²) >= 11 is 0. The average Bonchev–Trinajstić information content (AvgIpc) is 3.15. The first-order chi connectivity index (χ1) is 14.4. The van der Waals surface area contributed by atoms with Crippen LogP contribution < -0.4 is 10.5 Å². The number of hydrogen-bond donors (Lipinski definition) is 3. The molecule has 0 unspecified atom stereocenters. The number of nitrogens with one attached hydrogen (secondary N) is 2. The maximum absolute atomic E-state index is 14.0. The third-order valence-electron chi connectivity index (χ3n) is 5.11. The fourth-order valence-electron chi connectivity index (χ4n) is 3.56. The van der Waals surface area contributed by atoms with Crippen molar-refractivity contribution in [3.05, 3.63) is 58.9 Å². The Kier molecular flexibility index (Phi) is 4.94. The summed E-state index contributed by atoms with van der Waals surface area (Å²) in [6.45, 7) is 3.82. The molecule has 1 atom stereocenters. The van der Waals surface area contributed by atoms with Gasteiger partial charge in [-0.3, -0.25) is 10.8 Å². The standard InChI is InChI=1S/C21H21FN6O2/c1-3-16-19-12-6-17(20(24)26-8-12)29-11(2)15-7-13(22)4-5-14(15)21(25)28(10-23)9-18(19)30-27-16/h4-8,10-11,23,25H,3,9H2,1-2H3,(H2,24,26)/t11-/m1/s1. The highest BCUT2D eigenvalue weighted by Gasteiger charge is 2.26. The van der Waals surface area contributed by atoms with Crippen LogP contribution in [0, 0.1) is 16.6 Å². The molecule has 8 nitrogen and oxygen atoms in total. The van der Waals surface area contributed by atoms with Gasteiger partial charge in [0.15, 0.2) is 17.3 Å². The van der Waals surface area contributed by atoms with Crippen molar-refractivity contribution in [2.75, 3.05) is 5.73 Å². The topological polar surface area (TPSA) is 125 Å². The molecule has 3 aromatic rings. The second kappa shape index (κ2) is 7.58. The zero-order valence-corrected chi connectivity index (χ0v) is 16.6. The van der Waals surface area contributed by atoms with Gasteiger partial charge in [-0.05, 0) is 37.6 Å². The van der Waals surface area contributed by atoms with Gasteiger partial charge in [-0.2, -0.15) is 0 Å². The first-order valence-electron chi connectivity index (χ1n) is 9.48. The molecule has 30 heavy (non-hydrogen) atoms. The number of nitrogens with two attached hydrogens (primary N) is 1. The van der Waals surface area contributed by atoms with Crippen LogP contribution in [0.2, 0.25) is 0 Å². The van der Waals surface area contributed by atoms with Gasteiger partial charge >= 0.3 is 0 Å². The molecule has 9 heteroatoms. The van der Waals surface area contributed by atoms with Crippen molar-refractivity contribution in [2.24, 2.45) is 0 Å². The molecule has 0 saturated carbocycles. The van der Waals surface area contributed by atoms with E-state index in [-0.39, 0.29) is 18.2 Å². The van der Waals surface area contributed by atoms with Crippen molar-refractivity contribution in [3.8, 4) is 16.9 Å². The van der Waals surface area contributed by atoms with Crippen LogP contribution in [-0.2, 0) is 13.0 Å². The SMILES string of the molecule is CCc1noc2c1-c1cnc(N)c(c1)O[C@H](C)c1cc(F)ccc1C(=N)N(C=N)C2. The first-order valence-corrected chi connectivity index (χ1v) is 9.48. The smallest absolute Gasteiger partial charge is 0.166 e. The summed E-state index contributed by atoms with van der Waals surface area (Å²) in [5, 5.41) is 20.7. The molecule has 3 heterocycles. The maximum Gasteiger partial charge on any atom is 0.166 e. The van der Waals surface area contributed by atoms with E-state index in [1.807, 2.05) is 6.92 Å². The van der Waals surface area contributed by atoms with Crippen LogP contribution >= 0.6 is 0 Å². The molecule has 0 fully saturated rings. The minimum Gasteiger partial charge on any atom is -0.482 e. The van der Waals surface area contributed by atoms with Gasteiger partial charge in [0, 0.05) is 22.9 Å². The van der Waals surface area contributed by atoms with Crippen LogP contribution in [0.1, 0.15) is 42.5 Å². The number of fused-ring (bicyclic) bond motifs is 5. The van der Waals surface area contributed by atoms with E-state index in [9.17, 15) is 4.39 Å². The summed E-state index contributed by atoms with van der Waals surface area (Å²) in [5.74, 6) is 0.602. The zero-order chi connectivity index (χ0) is 21.4. The van der Waals surface area contributed by atoms with Crippen molar-refractivity contribution >= 4 is 18.0 Å². The number of hydrogen-bond acceptors (Lipinski definition) is 7. The number of nitrogens with zero attached hydrogens (tertiary/aromatic N) is 3. The lowest BCUT2D eigenvalue weighted by molar-refractivity contribution is 0.227. The summed E-state index contributed by atoms with van der Waals surface area (Å²) in [5.41, 5.74) is 9.10. The van der Waals surface area contributed by atoms with Gasteiger partial charge < -0.3 is 19.9 Å². The Bertz CT molecular complexity index is 1140. The summed E-state index contributed by atoms with van der Waals surface area (Å²) in [7, 11) is 0. The van der Waals surface area contributed by atoms with Gasteiger partial charge in [0.25, 0.3) is 0 Å². The van der Waals surface area contributed by atoms with Crippen LogP contribution in [-0.4, -0.2) is 27.2 Å². The van der Waals surface area contributed by atoms with Crippen molar-refractivity contribution in [3.63, 3.8) is 0 Å². The fraction of sp³-hybridized carbons (Fsp3) is 0.238. The quantitative estimate of drug-likeness (QED) is 0.436. The van der Waals surface area contributed by atoms with Gasteiger partial charge in [-0.1, -0.05) is 12.1 Å². The minimum atomic E-state index is -0.616. The molecule has 154 valence electrons. The van der Waals surface area contributed by atoms with Crippen LogP contribution in [0.15, 0.2) is 35.0 Å². The number of amidine groups is 1. The third kappa shape index (κ3) is 3.28. The van der Waals surface area contributed by atoms with Crippen LogP contribution in [0.4, 0.5) is 10.2 Å². The number of nitrogen functional groups attached to an aromatic ring is 1. The average molecular weight is 408 g/mol. The third-order valence-corrected chi connectivity index (χ3v) is 5.11. The first kappa shape index (κ1) is 19.6. The largest absolute Gasteiger partial charge is 0.482 e. The molecule has 1 aromatic carbocycles. The highest BCUT2D eigenvalue weighted by atomic mass is 19.1. The number of rotatable bonds is 2. The van der Waals surface area contributed by atoms with Crippen molar-refractivity contribution in [1.82, 2.24) is 15.0 Å². The molecule has 1 aliphatic rings. The Hall–Kier alpha value is -3.75. The monoisotopic (exact) mass is 408 g/mol. The molecule has 4 N–H and O–H groups in total. The predicted molar refractivity (Wildman–Crippen MR) is 110 cm³/mol. The Balaban J connectivity index is 1.97. The normalized spacial score (nSPS) is 16.0. The molecule has 2 aromatic heterocycles. The van der Waals surface area contributed by atoms with Gasteiger partial charge in [0.05, 0.1) is 24.1 Å². The van der Waals surface area contributed by atoms with Crippen molar-refractivity contribution in [1.29, 1.82) is 10.8 Å². The van der Waals surface area contributed by atoms with Crippen molar-refractivity contribution < 1.29 is 13.7 Å². The number of benzene rings is 1. The summed E-state index contributed by atoms with van der Waals surface area (Å²) in [6.07, 6.45) is 2.66. The highest BCUT2D eigenvalue weighted by Crippen LogP contribution is 2.36. The molecule has 1 aliphatic heterocycles. The summed E-state index contributed by atoms with van der Waals surface area (Å²) in [6, 6.07) is 5.87. The van der Waals surface area contributed by atoms with E-state index in [0.717, 1.165) is 17.6 Å². The molecule has 0 spiro atoms. The second-order valence-electron chi connectivity index (χ2n) is 6.99. The van der Waals surface area contributed by atoms with E-state index in [1.165, 1.54) is 23.1 Å². The Morgan fingerprint density at radius 3 is 2.90 bits per heavy atom.